The van der Waals surface area contributed by atoms with E-state index in [2.05, 4.69) is 0 Å². The van der Waals surface area contributed by atoms with Gasteiger partial charge < -0.3 is 15.3 Å². The second-order valence-corrected chi connectivity index (χ2v) is 7.72. The molecule has 0 fully saturated rings. The van der Waals surface area contributed by atoms with Crippen molar-refractivity contribution in [3.8, 4) is 0 Å². The normalized spacial score (nSPS) is 11.3. The molecular formula is C21H39N3O6. The fourth-order valence-electron chi connectivity index (χ4n) is 3.46. The lowest BCUT2D eigenvalue weighted by Gasteiger charge is -2.14. The second kappa shape index (κ2) is 16.0. The van der Waals surface area contributed by atoms with Crippen molar-refractivity contribution in [2.24, 2.45) is 0 Å². The number of aromatic nitrogens is 3. The van der Waals surface area contributed by atoms with Gasteiger partial charge in [0, 0.05) is 39.5 Å². The fourth-order valence-corrected chi connectivity index (χ4v) is 3.46. The standard InChI is InChI=1S/C21H39N3O6/c25-16-10-4-1-7-13-22-19(28)23(14-8-2-5-11-17-26)21(30)24(20(22)29)15-9-3-6-12-18-27/h25-27H,1-18H2. The van der Waals surface area contributed by atoms with E-state index in [1.807, 2.05) is 0 Å². The lowest BCUT2D eigenvalue weighted by atomic mass is 10.2. The van der Waals surface area contributed by atoms with Gasteiger partial charge in [0.15, 0.2) is 0 Å². The average Bonchev–Trinajstić information content (AvgIpc) is 2.74. The Morgan fingerprint density at radius 2 is 0.633 bits per heavy atom. The zero-order valence-corrected chi connectivity index (χ0v) is 18.1. The van der Waals surface area contributed by atoms with Crippen LogP contribution in [0.1, 0.15) is 77.0 Å². The maximum atomic E-state index is 12.8. The number of rotatable bonds is 18. The predicted octanol–water partition coefficient (Wildman–Crippen LogP) is 0.830. The molecule has 9 nitrogen and oxygen atoms in total. The van der Waals surface area contributed by atoms with Gasteiger partial charge in [0.05, 0.1) is 0 Å². The Morgan fingerprint density at radius 1 is 0.400 bits per heavy atom. The maximum Gasteiger partial charge on any atom is 0.336 e. The van der Waals surface area contributed by atoms with Crippen LogP contribution in [0.4, 0.5) is 0 Å². The smallest absolute Gasteiger partial charge is 0.336 e. The first-order chi connectivity index (χ1) is 14.6. The zero-order chi connectivity index (χ0) is 22.2. The highest BCUT2D eigenvalue weighted by atomic mass is 16.3. The Balaban J connectivity index is 2.98. The van der Waals surface area contributed by atoms with Gasteiger partial charge in [0.25, 0.3) is 0 Å². The molecular weight excluding hydrogens is 390 g/mol. The monoisotopic (exact) mass is 429 g/mol. The van der Waals surface area contributed by atoms with Gasteiger partial charge in [0.1, 0.15) is 0 Å². The molecule has 0 saturated heterocycles. The Kier molecular flexibility index (Phi) is 14.1. The molecule has 9 heteroatoms. The summed E-state index contributed by atoms with van der Waals surface area (Å²) in [4.78, 5) is 38.5. The van der Waals surface area contributed by atoms with Crippen molar-refractivity contribution in [3.63, 3.8) is 0 Å². The highest BCUT2D eigenvalue weighted by Crippen LogP contribution is 2.02. The molecule has 30 heavy (non-hydrogen) atoms. The van der Waals surface area contributed by atoms with Crippen molar-refractivity contribution in [1.29, 1.82) is 0 Å². The van der Waals surface area contributed by atoms with Crippen LogP contribution in [0.2, 0.25) is 0 Å². The van der Waals surface area contributed by atoms with Crippen LogP contribution in [0, 0.1) is 0 Å². The topological polar surface area (TPSA) is 127 Å². The first-order valence-corrected chi connectivity index (χ1v) is 11.4. The minimum Gasteiger partial charge on any atom is -0.396 e. The average molecular weight is 430 g/mol. The first-order valence-electron chi connectivity index (χ1n) is 11.4. The molecule has 174 valence electrons. The summed E-state index contributed by atoms with van der Waals surface area (Å²) in [6.07, 6.45) is 8.88. The molecule has 0 aliphatic rings. The van der Waals surface area contributed by atoms with Crippen molar-refractivity contribution in [2.45, 2.75) is 96.7 Å². The van der Waals surface area contributed by atoms with E-state index >= 15 is 0 Å². The molecule has 0 atom stereocenters. The number of hydrogen-bond acceptors (Lipinski definition) is 6. The molecule has 1 aromatic heterocycles. The van der Waals surface area contributed by atoms with Crippen molar-refractivity contribution in [2.75, 3.05) is 19.8 Å². The largest absolute Gasteiger partial charge is 0.396 e. The van der Waals surface area contributed by atoms with E-state index in [4.69, 9.17) is 15.3 Å². The van der Waals surface area contributed by atoms with Gasteiger partial charge >= 0.3 is 17.1 Å². The van der Waals surface area contributed by atoms with Gasteiger partial charge in [-0.2, -0.15) is 0 Å². The van der Waals surface area contributed by atoms with Crippen LogP contribution in [-0.2, 0) is 19.6 Å². The molecule has 0 aliphatic carbocycles. The number of hydrogen-bond donors (Lipinski definition) is 3. The molecule has 0 aromatic carbocycles. The number of aliphatic hydroxyl groups excluding tert-OH is 3. The lowest BCUT2D eigenvalue weighted by molar-refractivity contribution is 0.281. The SMILES string of the molecule is O=c1n(CCCCCCO)c(=O)n(CCCCCCO)c(=O)n1CCCCCCO. The molecule has 0 saturated carbocycles. The van der Waals surface area contributed by atoms with Crippen molar-refractivity contribution < 1.29 is 15.3 Å². The van der Waals surface area contributed by atoms with E-state index < -0.39 is 17.1 Å². The maximum absolute atomic E-state index is 12.8. The molecule has 1 rings (SSSR count). The molecule has 0 radical (unpaired) electrons. The molecule has 0 aliphatic heterocycles. The van der Waals surface area contributed by atoms with Crippen LogP contribution >= 0.6 is 0 Å². The van der Waals surface area contributed by atoms with Gasteiger partial charge in [-0.15, -0.1) is 0 Å². The minimum atomic E-state index is -0.550. The van der Waals surface area contributed by atoms with E-state index in [-0.39, 0.29) is 39.5 Å². The third-order valence-corrected chi connectivity index (χ3v) is 5.25. The Morgan fingerprint density at radius 3 is 0.867 bits per heavy atom. The fraction of sp³-hybridized carbons (Fsp3) is 0.857. The molecule has 1 aromatic rings. The summed E-state index contributed by atoms with van der Waals surface area (Å²) >= 11 is 0. The number of aliphatic hydroxyl groups is 3. The van der Waals surface area contributed by atoms with E-state index in [0.29, 0.717) is 38.5 Å². The summed E-state index contributed by atoms with van der Waals surface area (Å²) in [5.74, 6) is 0. The van der Waals surface area contributed by atoms with E-state index in [9.17, 15) is 14.4 Å². The molecule has 0 spiro atoms. The van der Waals surface area contributed by atoms with Crippen molar-refractivity contribution in [1.82, 2.24) is 13.7 Å². The quantitative estimate of drug-likeness (QED) is 0.297. The highest BCUT2D eigenvalue weighted by molar-refractivity contribution is 4.79. The molecule has 0 unspecified atom stereocenters. The predicted molar refractivity (Wildman–Crippen MR) is 116 cm³/mol. The summed E-state index contributed by atoms with van der Waals surface area (Å²) < 4.78 is 3.51. The van der Waals surface area contributed by atoms with Crippen LogP contribution in [0.15, 0.2) is 14.4 Å². The molecule has 3 N–H and O–H groups in total. The third kappa shape index (κ3) is 8.97. The van der Waals surface area contributed by atoms with Crippen molar-refractivity contribution in [3.05, 3.63) is 31.5 Å². The van der Waals surface area contributed by atoms with Crippen LogP contribution in [0.25, 0.3) is 0 Å². The first kappa shape index (κ1) is 26.3. The molecule has 0 bridgehead atoms. The van der Waals surface area contributed by atoms with Crippen LogP contribution in [-0.4, -0.2) is 48.8 Å². The molecule has 0 amide bonds. The molecule has 1 heterocycles. The zero-order valence-electron chi connectivity index (χ0n) is 18.1. The van der Waals surface area contributed by atoms with E-state index in [1.54, 1.807) is 0 Å². The summed E-state index contributed by atoms with van der Waals surface area (Å²) in [6, 6.07) is 0. The Labute approximate surface area is 177 Å². The highest BCUT2D eigenvalue weighted by Gasteiger charge is 2.15. The van der Waals surface area contributed by atoms with Crippen molar-refractivity contribution >= 4 is 0 Å². The van der Waals surface area contributed by atoms with Crippen LogP contribution in [0.5, 0.6) is 0 Å². The minimum absolute atomic E-state index is 0.129. The lowest BCUT2D eigenvalue weighted by Crippen LogP contribution is -2.54. The van der Waals surface area contributed by atoms with Gasteiger partial charge in [0.2, 0.25) is 0 Å². The van der Waals surface area contributed by atoms with Gasteiger partial charge in [-0.25, -0.2) is 28.1 Å². The summed E-state index contributed by atoms with van der Waals surface area (Å²) in [7, 11) is 0. The Hall–Kier alpha value is -1.71. The summed E-state index contributed by atoms with van der Waals surface area (Å²) in [6.45, 7) is 1.17. The second-order valence-electron chi connectivity index (χ2n) is 7.72. The van der Waals surface area contributed by atoms with Gasteiger partial charge in [-0.05, 0) is 38.5 Å². The Bertz CT molecular complexity index is 622. The van der Waals surface area contributed by atoms with E-state index in [1.165, 1.54) is 13.7 Å². The third-order valence-electron chi connectivity index (χ3n) is 5.25. The van der Waals surface area contributed by atoms with E-state index in [0.717, 1.165) is 38.5 Å². The summed E-state index contributed by atoms with van der Waals surface area (Å²) in [5.41, 5.74) is -1.65. The number of nitrogens with zero attached hydrogens (tertiary/aromatic N) is 3. The van der Waals surface area contributed by atoms with Crippen LogP contribution < -0.4 is 17.1 Å². The summed E-state index contributed by atoms with van der Waals surface area (Å²) in [5, 5.41) is 26.6. The number of unbranched alkanes of at least 4 members (excludes halogenated alkanes) is 9. The van der Waals surface area contributed by atoms with Crippen LogP contribution in [0.3, 0.4) is 0 Å². The van der Waals surface area contributed by atoms with Gasteiger partial charge in [-0.3, -0.25) is 0 Å². The van der Waals surface area contributed by atoms with Gasteiger partial charge in [-0.1, -0.05) is 38.5 Å².